The average molecular weight is 273 g/mol. The van der Waals surface area contributed by atoms with Crippen LogP contribution in [0.4, 0.5) is 5.69 Å². The van der Waals surface area contributed by atoms with Gasteiger partial charge >= 0.3 is 0 Å². The number of carbonyl (C=O) groups is 1. The van der Waals surface area contributed by atoms with Gasteiger partial charge in [-0.3, -0.25) is 19.9 Å². The minimum Gasteiger partial charge on any atom is -0.457 e. The molecule has 1 N–H and O–H groups in total. The number of aromatic nitrogens is 1. The number of pyridine rings is 1. The molecule has 0 saturated heterocycles. The maximum atomic E-state index is 11.4. The molecule has 0 radical (unpaired) electrons. The van der Waals surface area contributed by atoms with Crippen molar-refractivity contribution in [3.8, 4) is 11.5 Å². The minimum atomic E-state index is -0.505. The fraction of sp³-hybridized carbons (Fsp3) is 0.0769. The van der Waals surface area contributed by atoms with E-state index in [0.717, 1.165) is 0 Å². The number of nitrogens with zero attached hydrogens (tertiary/aromatic N) is 2. The second-order valence-corrected chi connectivity index (χ2v) is 3.81. The van der Waals surface area contributed by atoms with Crippen LogP contribution in [0.25, 0.3) is 0 Å². The van der Waals surface area contributed by atoms with Crippen molar-refractivity contribution < 1.29 is 14.5 Å². The van der Waals surface area contributed by atoms with Crippen molar-refractivity contribution in [2.75, 3.05) is 7.05 Å². The summed E-state index contributed by atoms with van der Waals surface area (Å²) >= 11 is 0. The second kappa shape index (κ2) is 5.79. The lowest BCUT2D eigenvalue weighted by Gasteiger charge is -2.06. The zero-order valence-corrected chi connectivity index (χ0v) is 10.6. The summed E-state index contributed by atoms with van der Waals surface area (Å²) in [4.78, 5) is 25.5. The van der Waals surface area contributed by atoms with Crippen LogP contribution < -0.4 is 10.1 Å². The number of nitro benzene ring substituents is 1. The third kappa shape index (κ3) is 3.08. The molecule has 0 aliphatic rings. The first-order valence-electron chi connectivity index (χ1n) is 5.70. The molecule has 0 aliphatic carbocycles. The highest BCUT2D eigenvalue weighted by molar-refractivity contribution is 5.92. The zero-order valence-electron chi connectivity index (χ0n) is 10.6. The Balaban J connectivity index is 2.24. The van der Waals surface area contributed by atoms with Crippen molar-refractivity contribution in [1.82, 2.24) is 10.3 Å². The summed E-state index contributed by atoms with van der Waals surface area (Å²) in [5, 5.41) is 13.1. The van der Waals surface area contributed by atoms with Gasteiger partial charge in [-0.1, -0.05) is 6.07 Å². The zero-order chi connectivity index (χ0) is 14.5. The highest BCUT2D eigenvalue weighted by atomic mass is 16.6. The van der Waals surface area contributed by atoms with E-state index < -0.39 is 4.92 Å². The summed E-state index contributed by atoms with van der Waals surface area (Å²) in [6, 6.07) is 8.81. The molecule has 7 heteroatoms. The van der Waals surface area contributed by atoms with Gasteiger partial charge in [-0.05, 0) is 12.1 Å². The Morgan fingerprint density at radius 3 is 2.75 bits per heavy atom. The highest BCUT2D eigenvalue weighted by Gasteiger charge is 2.09. The molecule has 1 amide bonds. The van der Waals surface area contributed by atoms with Crippen LogP contribution in [0.3, 0.4) is 0 Å². The molecule has 7 nitrogen and oxygen atoms in total. The predicted molar refractivity (Wildman–Crippen MR) is 70.8 cm³/mol. The summed E-state index contributed by atoms with van der Waals surface area (Å²) < 4.78 is 5.48. The van der Waals surface area contributed by atoms with Crippen molar-refractivity contribution >= 4 is 11.6 Å². The number of benzene rings is 1. The van der Waals surface area contributed by atoms with Crippen molar-refractivity contribution in [2.24, 2.45) is 0 Å². The third-order valence-electron chi connectivity index (χ3n) is 2.46. The van der Waals surface area contributed by atoms with Gasteiger partial charge in [-0.25, -0.2) is 0 Å². The molecule has 0 fully saturated rings. The molecule has 1 heterocycles. The normalized spacial score (nSPS) is 9.85. The van der Waals surface area contributed by atoms with Gasteiger partial charge in [0.25, 0.3) is 11.6 Å². The molecule has 1 aromatic heterocycles. The van der Waals surface area contributed by atoms with Crippen LogP contribution in [0.1, 0.15) is 10.5 Å². The third-order valence-corrected chi connectivity index (χ3v) is 2.46. The van der Waals surface area contributed by atoms with Gasteiger partial charge in [-0.2, -0.15) is 0 Å². The molecule has 0 atom stereocenters. The van der Waals surface area contributed by atoms with E-state index in [1.807, 2.05) is 0 Å². The lowest BCUT2D eigenvalue weighted by molar-refractivity contribution is -0.384. The number of rotatable bonds is 4. The van der Waals surface area contributed by atoms with Crippen molar-refractivity contribution in [2.45, 2.75) is 0 Å². The number of carbonyl (C=O) groups excluding carboxylic acids is 1. The molecule has 2 aromatic rings. The monoisotopic (exact) mass is 273 g/mol. The largest absolute Gasteiger partial charge is 0.457 e. The number of amides is 1. The topological polar surface area (TPSA) is 94.4 Å². The van der Waals surface area contributed by atoms with Crippen LogP contribution in [0.2, 0.25) is 0 Å². The summed E-state index contributed by atoms with van der Waals surface area (Å²) in [6.45, 7) is 0. The molecule has 0 spiro atoms. The van der Waals surface area contributed by atoms with Gasteiger partial charge in [-0.15, -0.1) is 0 Å². The lowest BCUT2D eigenvalue weighted by atomic mass is 10.3. The van der Waals surface area contributed by atoms with Gasteiger partial charge in [0.2, 0.25) is 0 Å². The van der Waals surface area contributed by atoms with Gasteiger partial charge in [0.05, 0.1) is 11.0 Å². The quantitative estimate of drug-likeness (QED) is 0.680. The van der Waals surface area contributed by atoms with E-state index in [-0.39, 0.29) is 17.3 Å². The Hall–Kier alpha value is -2.96. The summed E-state index contributed by atoms with van der Waals surface area (Å²) in [7, 11) is 1.50. The van der Waals surface area contributed by atoms with Crippen LogP contribution >= 0.6 is 0 Å². The van der Waals surface area contributed by atoms with Crippen molar-refractivity contribution in [3.05, 3.63) is 58.4 Å². The summed E-state index contributed by atoms with van der Waals surface area (Å²) in [5.41, 5.74) is 0.138. The van der Waals surface area contributed by atoms with E-state index in [0.29, 0.717) is 11.5 Å². The molecule has 102 valence electrons. The van der Waals surface area contributed by atoms with E-state index in [9.17, 15) is 14.9 Å². The van der Waals surface area contributed by atoms with E-state index in [4.69, 9.17) is 4.74 Å². The Morgan fingerprint density at radius 2 is 2.05 bits per heavy atom. The fourth-order valence-electron chi connectivity index (χ4n) is 1.52. The first-order chi connectivity index (χ1) is 9.60. The van der Waals surface area contributed by atoms with E-state index >= 15 is 0 Å². The Bertz CT molecular complexity index is 658. The molecular formula is C13H11N3O4. The molecule has 1 aromatic carbocycles. The predicted octanol–water partition coefficient (Wildman–Crippen LogP) is 2.14. The van der Waals surface area contributed by atoms with Crippen LogP contribution in [-0.4, -0.2) is 22.9 Å². The number of nitrogens with one attached hydrogen (secondary N) is 1. The number of hydrogen-bond donors (Lipinski definition) is 1. The molecular weight excluding hydrogens is 262 g/mol. The molecule has 0 bridgehead atoms. The first-order valence-corrected chi connectivity index (χ1v) is 5.70. The standard InChI is InChI=1S/C13H11N3O4/c1-14-13(17)12-8-11(5-6-15-12)20-10-4-2-3-9(7-10)16(18)19/h2-8H,1H3,(H,14,17). The number of hydrogen-bond acceptors (Lipinski definition) is 5. The van der Waals surface area contributed by atoms with E-state index in [1.54, 1.807) is 12.1 Å². The highest BCUT2D eigenvalue weighted by Crippen LogP contribution is 2.25. The SMILES string of the molecule is CNC(=O)c1cc(Oc2cccc([N+](=O)[O-])c2)ccn1. The van der Waals surface area contributed by atoms with Crippen molar-refractivity contribution in [3.63, 3.8) is 0 Å². The number of non-ortho nitro benzene ring substituents is 1. The minimum absolute atomic E-state index is 0.0666. The molecule has 20 heavy (non-hydrogen) atoms. The first kappa shape index (κ1) is 13.5. The van der Waals surface area contributed by atoms with Crippen LogP contribution in [0, 0.1) is 10.1 Å². The maximum absolute atomic E-state index is 11.4. The van der Waals surface area contributed by atoms with Gasteiger partial charge in [0.15, 0.2) is 0 Å². The smallest absolute Gasteiger partial charge is 0.273 e. The number of ether oxygens (including phenoxy) is 1. The van der Waals surface area contributed by atoms with Crippen LogP contribution in [-0.2, 0) is 0 Å². The number of nitro groups is 1. The Labute approximate surface area is 114 Å². The Morgan fingerprint density at radius 1 is 1.30 bits per heavy atom. The van der Waals surface area contributed by atoms with Gasteiger partial charge in [0.1, 0.15) is 17.2 Å². The van der Waals surface area contributed by atoms with Crippen LogP contribution in [0.5, 0.6) is 11.5 Å². The fourth-order valence-corrected chi connectivity index (χ4v) is 1.52. The average Bonchev–Trinajstić information content (AvgIpc) is 2.47. The van der Waals surface area contributed by atoms with Crippen LogP contribution in [0.15, 0.2) is 42.6 Å². The molecule has 0 saturated carbocycles. The summed E-state index contributed by atoms with van der Waals surface area (Å²) in [6.07, 6.45) is 1.43. The van der Waals surface area contributed by atoms with Gasteiger partial charge < -0.3 is 10.1 Å². The second-order valence-electron chi connectivity index (χ2n) is 3.81. The lowest BCUT2D eigenvalue weighted by Crippen LogP contribution is -2.18. The molecule has 0 aliphatic heterocycles. The van der Waals surface area contributed by atoms with Gasteiger partial charge in [0, 0.05) is 25.4 Å². The summed E-state index contributed by atoms with van der Waals surface area (Å²) in [5.74, 6) is 0.349. The van der Waals surface area contributed by atoms with E-state index in [1.165, 1.54) is 37.5 Å². The van der Waals surface area contributed by atoms with Crippen molar-refractivity contribution in [1.29, 1.82) is 0 Å². The Kier molecular flexibility index (Phi) is 3.90. The molecule has 0 unspecified atom stereocenters. The maximum Gasteiger partial charge on any atom is 0.273 e. The van der Waals surface area contributed by atoms with E-state index in [2.05, 4.69) is 10.3 Å². The molecule has 2 rings (SSSR count).